The maximum atomic E-state index is 11.5. The zero-order valence-corrected chi connectivity index (χ0v) is 12.5. The van der Waals surface area contributed by atoms with Gasteiger partial charge in [0.25, 0.3) is 0 Å². The number of amides is 2. The molecule has 0 radical (unpaired) electrons. The summed E-state index contributed by atoms with van der Waals surface area (Å²) in [5.74, 6) is 6.09. The molecule has 1 unspecified atom stereocenters. The minimum absolute atomic E-state index is 0.00482. The molecule has 1 rings (SSSR count). The van der Waals surface area contributed by atoms with Crippen LogP contribution in [0.3, 0.4) is 0 Å². The van der Waals surface area contributed by atoms with Crippen LogP contribution in [-0.4, -0.2) is 36.2 Å². The van der Waals surface area contributed by atoms with Crippen molar-refractivity contribution >= 4 is 33.6 Å². The molecule has 4 N–H and O–H groups in total. The Morgan fingerprint density at radius 3 is 2.89 bits per heavy atom. The van der Waals surface area contributed by atoms with Crippen molar-refractivity contribution in [2.75, 3.05) is 18.9 Å². The fourth-order valence-corrected chi connectivity index (χ4v) is 4.71. The summed E-state index contributed by atoms with van der Waals surface area (Å²) >= 11 is 0. The lowest BCUT2D eigenvalue weighted by Gasteiger charge is -2.08. The molecule has 2 amide bonds. The van der Waals surface area contributed by atoms with E-state index in [2.05, 4.69) is 10.1 Å². The van der Waals surface area contributed by atoms with Gasteiger partial charge in [0.2, 0.25) is 5.91 Å². The van der Waals surface area contributed by atoms with Crippen LogP contribution in [0.25, 0.3) is 0 Å². The largest absolute Gasteiger partial charge is 0.447 e. The molecular formula is C11H21N3O3S2. The van der Waals surface area contributed by atoms with Crippen molar-refractivity contribution in [3.8, 4) is 0 Å². The first-order valence-electron chi connectivity index (χ1n) is 6.40. The monoisotopic (exact) mass is 307 g/mol. The number of rotatable bonds is 8. The van der Waals surface area contributed by atoms with Crippen molar-refractivity contribution in [3.63, 3.8) is 0 Å². The third-order valence-corrected chi connectivity index (χ3v) is 5.69. The molecule has 0 bridgehead atoms. The third kappa shape index (κ3) is 8.22. The Hall–Kier alpha value is -0.600. The first kappa shape index (κ1) is 16.5. The van der Waals surface area contributed by atoms with E-state index in [1.165, 1.54) is 18.6 Å². The van der Waals surface area contributed by atoms with Crippen molar-refractivity contribution in [1.82, 2.24) is 10.7 Å². The van der Waals surface area contributed by atoms with Crippen molar-refractivity contribution in [3.05, 3.63) is 0 Å². The van der Waals surface area contributed by atoms with Crippen LogP contribution in [0.4, 0.5) is 4.79 Å². The van der Waals surface area contributed by atoms with Crippen LogP contribution in [0.15, 0.2) is 0 Å². The predicted molar refractivity (Wildman–Crippen MR) is 78.6 cm³/mol. The first-order chi connectivity index (χ1) is 9.22. The lowest BCUT2D eigenvalue weighted by Crippen LogP contribution is -2.34. The van der Waals surface area contributed by atoms with Gasteiger partial charge in [-0.3, -0.25) is 10.2 Å². The van der Waals surface area contributed by atoms with Crippen molar-refractivity contribution in [2.24, 2.45) is 5.84 Å². The fraction of sp³-hybridized carbons (Fsp3) is 0.818. The summed E-state index contributed by atoms with van der Waals surface area (Å²) in [6.07, 6.45) is 4.34. The molecule has 1 aliphatic heterocycles. The summed E-state index contributed by atoms with van der Waals surface area (Å²) in [5.41, 5.74) is 1.84. The molecule has 0 aromatic carbocycles. The van der Waals surface area contributed by atoms with Crippen LogP contribution in [0, 0.1) is 0 Å². The van der Waals surface area contributed by atoms with Gasteiger partial charge >= 0.3 is 6.09 Å². The molecule has 1 saturated heterocycles. The van der Waals surface area contributed by atoms with E-state index in [1.807, 2.05) is 27.0 Å². The number of hydrogen-bond acceptors (Lipinski definition) is 6. The molecule has 1 atom stereocenters. The lowest BCUT2D eigenvalue weighted by molar-refractivity contribution is -0.121. The molecule has 19 heavy (non-hydrogen) atoms. The number of carbonyl (C=O) groups excluding carboxylic acids is 2. The summed E-state index contributed by atoms with van der Waals surface area (Å²) in [7, 11) is 3.92. The Morgan fingerprint density at radius 2 is 2.21 bits per heavy atom. The molecule has 0 saturated carbocycles. The van der Waals surface area contributed by atoms with Gasteiger partial charge < -0.3 is 10.1 Å². The van der Waals surface area contributed by atoms with Gasteiger partial charge in [0.1, 0.15) is 6.61 Å². The number of ether oxygens (including phenoxy) is 1. The maximum absolute atomic E-state index is 11.5. The van der Waals surface area contributed by atoms with Crippen LogP contribution < -0.4 is 16.6 Å². The molecule has 1 fully saturated rings. The van der Waals surface area contributed by atoms with Gasteiger partial charge in [0.05, 0.1) is 6.54 Å². The van der Waals surface area contributed by atoms with E-state index in [9.17, 15) is 9.59 Å². The highest BCUT2D eigenvalue weighted by molar-refractivity contribution is 8.77. The maximum Gasteiger partial charge on any atom is 0.421 e. The number of nitrogens with one attached hydrogen (secondary N) is 2. The topological polar surface area (TPSA) is 93.4 Å². The van der Waals surface area contributed by atoms with Gasteiger partial charge in [0.15, 0.2) is 0 Å². The van der Waals surface area contributed by atoms with Gasteiger partial charge in [0, 0.05) is 17.4 Å². The van der Waals surface area contributed by atoms with Gasteiger partial charge in [-0.15, -0.1) is 0 Å². The van der Waals surface area contributed by atoms with Gasteiger partial charge in [-0.1, -0.05) is 28.0 Å². The van der Waals surface area contributed by atoms with E-state index in [-0.39, 0.29) is 12.5 Å². The van der Waals surface area contributed by atoms with Crippen LogP contribution in [-0.2, 0) is 9.53 Å². The van der Waals surface area contributed by atoms with Crippen LogP contribution >= 0.6 is 21.6 Å². The smallest absolute Gasteiger partial charge is 0.421 e. The predicted octanol–water partition coefficient (Wildman–Crippen LogP) is 1.42. The Kier molecular flexibility index (Phi) is 8.85. The third-order valence-electron chi connectivity index (χ3n) is 2.68. The van der Waals surface area contributed by atoms with Crippen LogP contribution in [0.5, 0.6) is 0 Å². The second-order valence-electron chi connectivity index (χ2n) is 4.20. The molecule has 0 aromatic heterocycles. The molecule has 0 spiro atoms. The van der Waals surface area contributed by atoms with E-state index in [0.29, 0.717) is 13.0 Å². The van der Waals surface area contributed by atoms with E-state index < -0.39 is 6.09 Å². The number of hydrazine groups is 1. The minimum Gasteiger partial charge on any atom is -0.447 e. The van der Waals surface area contributed by atoms with E-state index in [1.54, 1.807) is 0 Å². The summed E-state index contributed by atoms with van der Waals surface area (Å²) in [6, 6.07) is 0. The highest BCUT2D eigenvalue weighted by Crippen LogP contribution is 2.39. The highest BCUT2D eigenvalue weighted by atomic mass is 33.1. The van der Waals surface area contributed by atoms with Crippen molar-refractivity contribution in [1.29, 1.82) is 0 Å². The minimum atomic E-state index is -0.693. The Bertz CT molecular complexity index is 286. The summed E-state index contributed by atoms with van der Waals surface area (Å²) in [5, 5.41) is 3.47. The first-order valence-corrected chi connectivity index (χ1v) is 8.79. The summed E-state index contributed by atoms with van der Waals surface area (Å²) in [6.45, 7) is 0.450. The number of unbranched alkanes of at least 4 members (excludes halogenated alkanes) is 1. The van der Waals surface area contributed by atoms with Gasteiger partial charge in [-0.2, -0.15) is 0 Å². The second-order valence-corrected chi connectivity index (χ2v) is 6.99. The Morgan fingerprint density at radius 1 is 1.37 bits per heavy atom. The Labute approximate surface area is 121 Å². The quantitative estimate of drug-likeness (QED) is 0.206. The lowest BCUT2D eigenvalue weighted by atomic mass is 10.1. The zero-order valence-electron chi connectivity index (χ0n) is 10.9. The molecule has 110 valence electrons. The van der Waals surface area contributed by atoms with Crippen LogP contribution in [0.2, 0.25) is 0 Å². The summed E-state index contributed by atoms with van der Waals surface area (Å²) < 4.78 is 4.64. The normalized spacial score (nSPS) is 18.1. The zero-order chi connectivity index (χ0) is 13.9. The molecule has 0 aliphatic carbocycles. The van der Waals surface area contributed by atoms with E-state index >= 15 is 0 Å². The second kappa shape index (κ2) is 10.2. The van der Waals surface area contributed by atoms with E-state index in [4.69, 9.17) is 5.84 Å². The number of carbonyl (C=O) groups is 2. The SMILES string of the molecule is NNC(=O)OCCNC(=O)CCCCC1CCSS1. The molecule has 6 nitrogen and oxygen atoms in total. The molecule has 8 heteroatoms. The van der Waals surface area contributed by atoms with Gasteiger partial charge in [-0.25, -0.2) is 10.6 Å². The number of hydrogen-bond donors (Lipinski definition) is 3. The Balaban J connectivity index is 1.88. The standard InChI is InChI=1S/C11H21N3O3S2/c12-14-11(16)17-7-6-13-10(15)4-2-1-3-9-5-8-18-19-9/h9H,1-8,12H2,(H,13,15)(H,14,16). The average molecular weight is 307 g/mol. The average Bonchev–Trinajstić information content (AvgIpc) is 2.92. The van der Waals surface area contributed by atoms with Crippen molar-refractivity contribution in [2.45, 2.75) is 37.4 Å². The molecular weight excluding hydrogens is 286 g/mol. The molecule has 1 heterocycles. The van der Waals surface area contributed by atoms with Gasteiger partial charge in [-0.05, 0) is 19.3 Å². The molecule has 0 aromatic rings. The van der Waals surface area contributed by atoms with Crippen LogP contribution in [0.1, 0.15) is 32.1 Å². The summed E-state index contributed by atoms with van der Waals surface area (Å²) in [4.78, 5) is 22.1. The highest BCUT2D eigenvalue weighted by Gasteiger charge is 2.15. The molecule has 1 aliphatic rings. The fourth-order valence-electron chi connectivity index (χ4n) is 1.69. The van der Waals surface area contributed by atoms with E-state index in [0.717, 1.165) is 18.1 Å². The number of nitrogens with two attached hydrogens (primary N) is 1. The van der Waals surface area contributed by atoms with Crippen molar-refractivity contribution < 1.29 is 14.3 Å².